The highest BCUT2D eigenvalue weighted by molar-refractivity contribution is 6.39. The van der Waals surface area contributed by atoms with Crippen LogP contribution in [0.15, 0.2) is 53.6 Å². The summed E-state index contributed by atoms with van der Waals surface area (Å²) >= 11 is 0. The van der Waals surface area contributed by atoms with E-state index in [1.54, 1.807) is 24.3 Å². The number of non-ortho nitro benzene ring substituents is 1. The molecule has 9 heteroatoms. The summed E-state index contributed by atoms with van der Waals surface area (Å²) in [7, 11) is 0. The number of nitro groups is 1. The Morgan fingerprint density at radius 2 is 1.85 bits per heavy atom. The number of amides is 2. The van der Waals surface area contributed by atoms with Gasteiger partial charge in [0.05, 0.1) is 17.7 Å². The smallest absolute Gasteiger partial charge is 0.329 e. The lowest BCUT2D eigenvalue weighted by molar-refractivity contribution is -0.384. The van der Waals surface area contributed by atoms with E-state index in [0.29, 0.717) is 17.9 Å². The molecule has 0 saturated heterocycles. The topological polar surface area (TPSA) is 123 Å². The Morgan fingerprint density at radius 3 is 2.50 bits per heavy atom. The fourth-order valence-electron chi connectivity index (χ4n) is 1.94. The van der Waals surface area contributed by atoms with Crippen LogP contribution in [0, 0.1) is 10.1 Å². The van der Waals surface area contributed by atoms with Crippen LogP contribution in [0.4, 0.5) is 11.4 Å². The molecule has 26 heavy (non-hydrogen) atoms. The number of benzene rings is 2. The number of hydrogen-bond donors (Lipinski definition) is 2. The van der Waals surface area contributed by atoms with Crippen LogP contribution in [-0.2, 0) is 9.59 Å². The fraction of sp³-hybridized carbons (Fsp3) is 0.118. The number of para-hydroxylation sites is 1. The van der Waals surface area contributed by atoms with Crippen molar-refractivity contribution >= 4 is 29.4 Å². The van der Waals surface area contributed by atoms with Crippen LogP contribution < -0.4 is 15.5 Å². The van der Waals surface area contributed by atoms with Gasteiger partial charge in [0.1, 0.15) is 5.75 Å². The number of rotatable bonds is 6. The summed E-state index contributed by atoms with van der Waals surface area (Å²) in [5.74, 6) is -1.33. The molecule has 0 bridgehead atoms. The molecule has 0 heterocycles. The summed E-state index contributed by atoms with van der Waals surface area (Å²) in [6, 6.07) is 12.2. The first-order valence-corrected chi connectivity index (χ1v) is 7.62. The van der Waals surface area contributed by atoms with Crippen molar-refractivity contribution in [3.63, 3.8) is 0 Å². The number of anilines is 1. The van der Waals surface area contributed by atoms with Crippen LogP contribution in [0.25, 0.3) is 0 Å². The molecule has 0 saturated carbocycles. The molecule has 2 amide bonds. The summed E-state index contributed by atoms with van der Waals surface area (Å²) in [5, 5.41) is 16.6. The minimum Gasteiger partial charge on any atom is -0.493 e. The summed E-state index contributed by atoms with van der Waals surface area (Å²) in [4.78, 5) is 33.5. The van der Waals surface area contributed by atoms with Gasteiger partial charge in [0.2, 0.25) is 0 Å². The van der Waals surface area contributed by atoms with Gasteiger partial charge in [-0.1, -0.05) is 12.1 Å². The minimum atomic E-state index is -0.978. The third-order valence-corrected chi connectivity index (χ3v) is 3.13. The Balaban J connectivity index is 1.93. The maximum absolute atomic E-state index is 11.8. The van der Waals surface area contributed by atoms with Crippen LogP contribution >= 0.6 is 0 Å². The lowest BCUT2D eigenvalue weighted by Crippen LogP contribution is -2.32. The quantitative estimate of drug-likeness (QED) is 0.355. The Hall–Kier alpha value is -3.75. The predicted molar refractivity (Wildman–Crippen MR) is 95.1 cm³/mol. The maximum Gasteiger partial charge on any atom is 0.329 e. The number of nitrogens with one attached hydrogen (secondary N) is 2. The number of nitro benzene ring substituents is 1. The fourth-order valence-corrected chi connectivity index (χ4v) is 1.94. The first-order valence-electron chi connectivity index (χ1n) is 7.62. The van der Waals surface area contributed by atoms with E-state index in [-0.39, 0.29) is 11.4 Å². The molecule has 134 valence electrons. The first-order chi connectivity index (χ1) is 12.5. The highest BCUT2D eigenvalue weighted by atomic mass is 16.6. The molecule has 0 aliphatic carbocycles. The second-order valence-electron chi connectivity index (χ2n) is 4.93. The average Bonchev–Trinajstić information content (AvgIpc) is 2.63. The predicted octanol–water partition coefficient (Wildman–Crippen LogP) is 2.08. The van der Waals surface area contributed by atoms with Gasteiger partial charge >= 0.3 is 11.8 Å². The Morgan fingerprint density at radius 1 is 1.15 bits per heavy atom. The molecule has 0 atom stereocenters. The van der Waals surface area contributed by atoms with Crippen LogP contribution in [0.3, 0.4) is 0 Å². The zero-order valence-electron chi connectivity index (χ0n) is 13.8. The second-order valence-corrected chi connectivity index (χ2v) is 4.93. The number of carbonyl (C=O) groups excluding carboxylic acids is 2. The summed E-state index contributed by atoms with van der Waals surface area (Å²) in [5.41, 5.74) is 2.88. The molecule has 0 aliphatic heterocycles. The Kier molecular flexibility index (Phi) is 6.38. The third-order valence-electron chi connectivity index (χ3n) is 3.13. The zero-order valence-corrected chi connectivity index (χ0v) is 13.8. The molecule has 0 aliphatic rings. The maximum atomic E-state index is 11.8. The van der Waals surface area contributed by atoms with Gasteiger partial charge in [-0.25, -0.2) is 5.43 Å². The largest absolute Gasteiger partial charge is 0.493 e. The van der Waals surface area contributed by atoms with Crippen LogP contribution in [0.2, 0.25) is 0 Å². The zero-order chi connectivity index (χ0) is 18.9. The van der Waals surface area contributed by atoms with Crippen LogP contribution in [0.1, 0.15) is 12.5 Å². The van der Waals surface area contributed by atoms with Crippen molar-refractivity contribution in [1.29, 1.82) is 0 Å². The Labute approximate surface area is 148 Å². The Bertz CT molecular complexity index is 833. The normalized spacial score (nSPS) is 10.3. The molecule has 9 nitrogen and oxygen atoms in total. The van der Waals surface area contributed by atoms with Gasteiger partial charge in [-0.05, 0) is 31.2 Å². The van der Waals surface area contributed by atoms with Gasteiger partial charge in [-0.15, -0.1) is 0 Å². The number of carbonyl (C=O) groups is 2. The monoisotopic (exact) mass is 356 g/mol. The molecule has 0 unspecified atom stereocenters. The highest BCUT2D eigenvalue weighted by Crippen LogP contribution is 2.16. The lowest BCUT2D eigenvalue weighted by Gasteiger charge is -2.06. The van der Waals surface area contributed by atoms with E-state index in [0.717, 1.165) is 0 Å². The van der Waals surface area contributed by atoms with Crippen molar-refractivity contribution in [3.8, 4) is 5.75 Å². The van der Waals surface area contributed by atoms with Gasteiger partial charge in [-0.2, -0.15) is 5.10 Å². The molecule has 0 spiro atoms. The molecule has 2 rings (SSSR count). The van der Waals surface area contributed by atoms with E-state index in [1.165, 1.54) is 30.5 Å². The number of hydrogen-bond acceptors (Lipinski definition) is 6. The number of nitrogens with zero attached hydrogens (tertiary/aromatic N) is 2. The van der Waals surface area contributed by atoms with Gasteiger partial charge in [-0.3, -0.25) is 19.7 Å². The standard InChI is InChI=1S/C17H16N4O5/c1-2-26-15-6-4-3-5-12(15)11-18-20-17(23)16(22)19-13-7-9-14(10-8-13)21(24)25/h3-11H,2H2,1H3,(H,19,22)(H,20,23)/b18-11-. The summed E-state index contributed by atoms with van der Waals surface area (Å²) in [6.07, 6.45) is 1.36. The van der Waals surface area contributed by atoms with Crippen molar-refractivity contribution in [3.05, 3.63) is 64.2 Å². The van der Waals surface area contributed by atoms with E-state index >= 15 is 0 Å². The highest BCUT2D eigenvalue weighted by Gasteiger charge is 2.13. The molecule has 2 aromatic rings. The average molecular weight is 356 g/mol. The summed E-state index contributed by atoms with van der Waals surface area (Å²) in [6.45, 7) is 2.33. The number of hydrazone groups is 1. The van der Waals surface area contributed by atoms with Crippen molar-refractivity contribution in [2.45, 2.75) is 6.92 Å². The van der Waals surface area contributed by atoms with E-state index in [9.17, 15) is 19.7 Å². The third kappa shape index (κ3) is 5.13. The molecule has 0 aromatic heterocycles. The van der Waals surface area contributed by atoms with Crippen molar-refractivity contribution in [2.24, 2.45) is 5.10 Å². The van der Waals surface area contributed by atoms with Crippen molar-refractivity contribution in [2.75, 3.05) is 11.9 Å². The number of ether oxygens (including phenoxy) is 1. The van der Waals surface area contributed by atoms with Gasteiger partial charge in [0, 0.05) is 23.4 Å². The molecule has 0 fully saturated rings. The molecule has 2 N–H and O–H groups in total. The van der Waals surface area contributed by atoms with Crippen molar-refractivity contribution < 1.29 is 19.2 Å². The van der Waals surface area contributed by atoms with E-state index in [2.05, 4.69) is 15.8 Å². The second kappa shape index (κ2) is 8.92. The molecular weight excluding hydrogens is 340 g/mol. The minimum absolute atomic E-state index is 0.120. The van der Waals surface area contributed by atoms with E-state index in [1.807, 2.05) is 6.92 Å². The van der Waals surface area contributed by atoms with E-state index in [4.69, 9.17) is 4.74 Å². The van der Waals surface area contributed by atoms with Gasteiger partial charge in [0.15, 0.2) is 0 Å². The SMILES string of the molecule is CCOc1ccccc1/C=N\NC(=O)C(=O)Nc1ccc([N+](=O)[O-])cc1. The van der Waals surface area contributed by atoms with Crippen molar-refractivity contribution in [1.82, 2.24) is 5.43 Å². The molecule has 0 radical (unpaired) electrons. The molecule has 2 aromatic carbocycles. The van der Waals surface area contributed by atoms with Gasteiger partial charge in [0.25, 0.3) is 5.69 Å². The van der Waals surface area contributed by atoms with Crippen LogP contribution in [0.5, 0.6) is 5.75 Å². The summed E-state index contributed by atoms with van der Waals surface area (Å²) < 4.78 is 5.42. The molecular formula is C17H16N4O5. The lowest BCUT2D eigenvalue weighted by atomic mass is 10.2. The van der Waals surface area contributed by atoms with E-state index < -0.39 is 16.7 Å². The van der Waals surface area contributed by atoms with Gasteiger partial charge < -0.3 is 10.1 Å². The first kappa shape index (κ1) is 18.6. The van der Waals surface area contributed by atoms with Crippen LogP contribution in [-0.4, -0.2) is 29.6 Å².